The molecule has 19 heavy (non-hydrogen) atoms. The van der Waals surface area contributed by atoms with Gasteiger partial charge in [0.25, 0.3) is 0 Å². The maximum atomic E-state index is 11.7. The van der Waals surface area contributed by atoms with E-state index in [2.05, 4.69) is 30.8 Å². The molecule has 0 saturated carbocycles. The van der Waals surface area contributed by atoms with Gasteiger partial charge in [0.2, 0.25) is 0 Å². The maximum Gasteiger partial charge on any atom is 0.338 e. The minimum Gasteiger partial charge on any atom is -0.465 e. The van der Waals surface area contributed by atoms with Gasteiger partial charge < -0.3 is 4.74 Å². The molecule has 1 aromatic rings. The Morgan fingerprint density at radius 2 is 2.16 bits per heavy atom. The van der Waals surface area contributed by atoms with E-state index < -0.39 is 0 Å². The monoisotopic (exact) mass is 279 g/mol. The summed E-state index contributed by atoms with van der Waals surface area (Å²) in [5, 5.41) is 3.56. The van der Waals surface area contributed by atoms with Gasteiger partial charge in [-0.1, -0.05) is 32.0 Å². The number of hydrogen-bond donors (Lipinski definition) is 0. The van der Waals surface area contributed by atoms with Gasteiger partial charge in [0.1, 0.15) is 0 Å². The minimum absolute atomic E-state index is 0.0852. The van der Waals surface area contributed by atoms with Crippen molar-refractivity contribution in [3.63, 3.8) is 0 Å². The van der Waals surface area contributed by atoms with Crippen molar-refractivity contribution in [2.75, 3.05) is 7.11 Å². The largest absolute Gasteiger partial charge is 0.465 e. The van der Waals surface area contributed by atoms with Gasteiger partial charge in [-0.3, -0.25) is 0 Å². The van der Waals surface area contributed by atoms with Gasteiger partial charge in [0.15, 0.2) is 0 Å². The van der Waals surface area contributed by atoms with Gasteiger partial charge in [0, 0.05) is 21.1 Å². The van der Waals surface area contributed by atoms with Crippen LogP contribution < -0.4 is 0 Å². The Kier molecular flexibility index (Phi) is 5.27. The Morgan fingerprint density at radius 1 is 1.47 bits per heavy atom. The Labute approximate surface area is 117 Å². The van der Waals surface area contributed by atoms with E-state index in [1.54, 1.807) is 30.0 Å². The number of thioether (sulfide) groups is 1. The maximum absolute atomic E-state index is 11.7. The topological polar surface area (TPSA) is 75.1 Å². The third-order valence-electron chi connectivity index (χ3n) is 2.32. The van der Waals surface area contributed by atoms with Crippen LogP contribution in [0, 0.1) is 0 Å². The summed E-state index contributed by atoms with van der Waals surface area (Å²) in [6.07, 6.45) is 0. The lowest BCUT2D eigenvalue weighted by Crippen LogP contribution is -2.10. The molecule has 0 saturated heterocycles. The van der Waals surface area contributed by atoms with Crippen LogP contribution in [0.2, 0.25) is 0 Å². The molecule has 0 aliphatic rings. The van der Waals surface area contributed by atoms with E-state index in [-0.39, 0.29) is 10.7 Å². The lowest BCUT2D eigenvalue weighted by Gasteiger charge is -2.18. The van der Waals surface area contributed by atoms with Crippen molar-refractivity contribution < 1.29 is 9.53 Å². The molecule has 1 aromatic carbocycles. The molecule has 0 unspecified atom stereocenters. The average molecular weight is 279 g/mol. The Balaban J connectivity index is 3.10. The number of ether oxygens (including phenoxy) is 1. The molecule has 0 fully saturated rings. The van der Waals surface area contributed by atoms with Crippen LogP contribution >= 0.6 is 11.8 Å². The Hall–Kier alpha value is -1.65. The van der Waals surface area contributed by atoms with Crippen molar-refractivity contribution in [1.82, 2.24) is 0 Å². The number of carbonyl (C=O) groups excluding carboxylic acids is 1. The molecular weight excluding hydrogens is 262 g/mol. The standard InChI is InChI=1S/C13H17N3O2S/c1-13(2,3)19-8-9-7-10(15-16-14)5-6-11(9)12(17)18-4/h5-7H,8H2,1-4H3. The second kappa shape index (κ2) is 6.50. The summed E-state index contributed by atoms with van der Waals surface area (Å²) in [4.78, 5) is 14.4. The lowest BCUT2D eigenvalue weighted by atomic mass is 10.1. The average Bonchev–Trinajstić information content (AvgIpc) is 2.35. The normalized spacial score (nSPS) is 10.7. The fraction of sp³-hybridized carbons (Fsp3) is 0.462. The molecule has 0 aliphatic carbocycles. The molecule has 0 aromatic heterocycles. The molecule has 102 valence electrons. The summed E-state index contributed by atoms with van der Waals surface area (Å²) >= 11 is 1.71. The van der Waals surface area contributed by atoms with Crippen molar-refractivity contribution in [1.29, 1.82) is 0 Å². The molecule has 0 atom stereocenters. The van der Waals surface area contributed by atoms with Gasteiger partial charge in [-0.05, 0) is 23.2 Å². The quantitative estimate of drug-likeness (QED) is 0.353. The molecule has 0 heterocycles. The van der Waals surface area contributed by atoms with Crippen molar-refractivity contribution in [2.45, 2.75) is 31.3 Å². The van der Waals surface area contributed by atoms with Crippen LogP contribution in [0.5, 0.6) is 0 Å². The van der Waals surface area contributed by atoms with Crippen LogP contribution in [0.25, 0.3) is 10.4 Å². The molecule has 0 amide bonds. The first-order valence-electron chi connectivity index (χ1n) is 5.77. The smallest absolute Gasteiger partial charge is 0.338 e. The predicted molar refractivity (Wildman–Crippen MR) is 77.6 cm³/mol. The van der Waals surface area contributed by atoms with Gasteiger partial charge in [-0.2, -0.15) is 11.8 Å². The number of carbonyl (C=O) groups is 1. The van der Waals surface area contributed by atoms with Gasteiger partial charge >= 0.3 is 5.97 Å². The van der Waals surface area contributed by atoms with E-state index in [1.165, 1.54) is 7.11 Å². The molecule has 0 spiro atoms. The minimum atomic E-state index is -0.378. The zero-order valence-electron chi connectivity index (χ0n) is 11.5. The van der Waals surface area contributed by atoms with Gasteiger partial charge in [-0.15, -0.1) is 0 Å². The second-order valence-electron chi connectivity index (χ2n) is 4.92. The van der Waals surface area contributed by atoms with Crippen molar-refractivity contribution in [3.05, 3.63) is 39.8 Å². The number of hydrogen-bond acceptors (Lipinski definition) is 4. The van der Waals surface area contributed by atoms with E-state index in [0.717, 1.165) is 5.56 Å². The molecule has 0 bridgehead atoms. The Morgan fingerprint density at radius 3 is 2.68 bits per heavy atom. The molecular formula is C13H17N3O2S. The highest BCUT2D eigenvalue weighted by Gasteiger charge is 2.16. The highest BCUT2D eigenvalue weighted by Crippen LogP contribution is 2.30. The first-order valence-corrected chi connectivity index (χ1v) is 6.76. The van der Waals surface area contributed by atoms with Crippen LogP contribution in [-0.2, 0) is 10.5 Å². The van der Waals surface area contributed by atoms with Crippen molar-refractivity contribution in [2.24, 2.45) is 5.11 Å². The summed E-state index contributed by atoms with van der Waals surface area (Å²) in [7, 11) is 1.35. The number of nitrogens with zero attached hydrogens (tertiary/aromatic N) is 3. The first-order chi connectivity index (χ1) is 8.87. The molecule has 6 heteroatoms. The number of azide groups is 1. The Bertz CT molecular complexity index is 517. The molecule has 0 aliphatic heterocycles. The van der Waals surface area contributed by atoms with Crippen LogP contribution in [0.4, 0.5) is 5.69 Å². The summed E-state index contributed by atoms with van der Waals surface area (Å²) in [5.74, 6) is 0.278. The van der Waals surface area contributed by atoms with E-state index >= 15 is 0 Å². The van der Waals surface area contributed by atoms with Crippen LogP contribution in [-0.4, -0.2) is 17.8 Å². The molecule has 0 N–H and O–H groups in total. The number of methoxy groups -OCH3 is 1. The fourth-order valence-electron chi connectivity index (χ4n) is 1.42. The number of esters is 1. The van der Waals surface area contributed by atoms with E-state index in [4.69, 9.17) is 10.3 Å². The predicted octanol–water partition coefficient (Wildman–Crippen LogP) is 4.45. The molecule has 1 rings (SSSR count). The van der Waals surface area contributed by atoms with Gasteiger partial charge in [-0.25, -0.2) is 4.79 Å². The SMILES string of the molecule is COC(=O)c1ccc(N=[N+]=[N-])cc1CSC(C)(C)C. The third-order valence-corrected chi connectivity index (χ3v) is 3.64. The fourth-order valence-corrected chi connectivity index (χ4v) is 2.24. The number of rotatable bonds is 4. The number of benzene rings is 1. The van der Waals surface area contributed by atoms with E-state index in [0.29, 0.717) is 17.0 Å². The van der Waals surface area contributed by atoms with Gasteiger partial charge in [0.05, 0.1) is 12.7 Å². The zero-order valence-corrected chi connectivity index (χ0v) is 12.3. The van der Waals surface area contributed by atoms with Crippen LogP contribution in [0.3, 0.4) is 0 Å². The summed E-state index contributed by atoms with van der Waals surface area (Å²) in [5.41, 5.74) is 10.3. The third kappa shape index (κ3) is 4.85. The van der Waals surface area contributed by atoms with Crippen molar-refractivity contribution >= 4 is 23.4 Å². The lowest BCUT2D eigenvalue weighted by molar-refractivity contribution is 0.0600. The highest BCUT2D eigenvalue weighted by atomic mass is 32.2. The summed E-state index contributed by atoms with van der Waals surface area (Å²) in [6, 6.07) is 4.97. The molecule has 0 radical (unpaired) electrons. The zero-order chi connectivity index (χ0) is 14.5. The van der Waals surface area contributed by atoms with Crippen molar-refractivity contribution in [3.8, 4) is 0 Å². The van der Waals surface area contributed by atoms with Crippen LogP contribution in [0.1, 0.15) is 36.7 Å². The van der Waals surface area contributed by atoms with E-state index in [1.807, 2.05) is 0 Å². The summed E-state index contributed by atoms with van der Waals surface area (Å²) in [6.45, 7) is 6.31. The summed E-state index contributed by atoms with van der Waals surface area (Å²) < 4.78 is 4.84. The first kappa shape index (κ1) is 15.4. The van der Waals surface area contributed by atoms with E-state index in [9.17, 15) is 4.79 Å². The second-order valence-corrected chi connectivity index (χ2v) is 6.73. The molecule has 5 nitrogen and oxygen atoms in total. The highest BCUT2D eigenvalue weighted by molar-refractivity contribution is 7.99. The van der Waals surface area contributed by atoms with Crippen LogP contribution in [0.15, 0.2) is 23.3 Å².